The number of pyridine rings is 2. The van der Waals surface area contributed by atoms with E-state index < -0.39 is 12.0 Å². The number of amides is 2. The standard InChI is InChI=1S/C17H17N5O4/c1-2-12-11(21-17(24)26-12)8-25-16-13-9(3-4-20-16)7-10(14(18)23)15-19-5-6-22(13)15/h3-7,11-12H,2,8H2,1H3,(H2,18,23)(H,21,24)/t11-,12?/m0/s1. The first kappa shape index (κ1) is 16.1. The largest absolute Gasteiger partial charge is 0.474 e. The van der Waals surface area contributed by atoms with Crippen LogP contribution in [0.3, 0.4) is 0 Å². The average molecular weight is 355 g/mol. The van der Waals surface area contributed by atoms with Crippen molar-refractivity contribution in [2.45, 2.75) is 25.5 Å². The van der Waals surface area contributed by atoms with Gasteiger partial charge in [-0.3, -0.25) is 9.20 Å². The molecule has 1 unspecified atom stereocenters. The van der Waals surface area contributed by atoms with Gasteiger partial charge in [0.05, 0.1) is 5.56 Å². The Labute approximate surface area is 148 Å². The van der Waals surface area contributed by atoms with E-state index in [1.54, 1.807) is 35.1 Å². The van der Waals surface area contributed by atoms with Crippen LogP contribution in [0.5, 0.6) is 5.88 Å². The van der Waals surface area contributed by atoms with Crippen molar-refractivity contribution in [3.8, 4) is 5.88 Å². The number of carbonyl (C=O) groups is 2. The van der Waals surface area contributed by atoms with Crippen LogP contribution in [-0.4, -0.2) is 45.1 Å². The fourth-order valence-corrected chi connectivity index (χ4v) is 3.18. The Balaban J connectivity index is 1.73. The molecule has 3 aromatic heterocycles. The number of alkyl carbamates (subject to hydrolysis) is 1. The molecule has 2 amide bonds. The maximum absolute atomic E-state index is 11.7. The minimum Gasteiger partial charge on any atom is -0.474 e. The predicted molar refractivity (Wildman–Crippen MR) is 92.0 cm³/mol. The van der Waals surface area contributed by atoms with Crippen molar-refractivity contribution in [2.75, 3.05) is 6.61 Å². The summed E-state index contributed by atoms with van der Waals surface area (Å²) in [7, 11) is 0. The van der Waals surface area contributed by atoms with E-state index in [2.05, 4.69) is 15.3 Å². The monoisotopic (exact) mass is 355 g/mol. The van der Waals surface area contributed by atoms with Crippen molar-refractivity contribution in [1.29, 1.82) is 0 Å². The van der Waals surface area contributed by atoms with Crippen LogP contribution in [0, 0.1) is 0 Å². The summed E-state index contributed by atoms with van der Waals surface area (Å²) >= 11 is 0. The lowest BCUT2D eigenvalue weighted by Gasteiger charge is -2.16. The van der Waals surface area contributed by atoms with Gasteiger partial charge in [0.25, 0.3) is 5.91 Å². The fourth-order valence-electron chi connectivity index (χ4n) is 3.18. The van der Waals surface area contributed by atoms with Gasteiger partial charge in [0.2, 0.25) is 5.88 Å². The summed E-state index contributed by atoms with van der Waals surface area (Å²) in [6.07, 6.45) is 4.88. The predicted octanol–water partition coefficient (Wildman–Crippen LogP) is 1.25. The number of ether oxygens (including phenoxy) is 2. The highest BCUT2D eigenvalue weighted by atomic mass is 16.6. The first-order valence-electron chi connectivity index (χ1n) is 8.23. The van der Waals surface area contributed by atoms with Gasteiger partial charge in [0, 0.05) is 24.0 Å². The van der Waals surface area contributed by atoms with E-state index in [-0.39, 0.29) is 18.8 Å². The SMILES string of the molecule is CCC1OC(=O)N[C@H]1COc1nccc2cc(C(N)=O)c3nccn3c12. The molecule has 134 valence electrons. The molecule has 0 saturated carbocycles. The summed E-state index contributed by atoms with van der Waals surface area (Å²) < 4.78 is 12.8. The second-order valence-electron chi connectivity index (χ2n) is 6.01. The van der Waals surface area contributed by atoms with E-state index in [1.807, 2.05) is 6.92 Å². The number of cyclic esters (lactones) is 1. The Hall–Kier alpha value is -3.36. The first-order valence-corrected chi connectivity index (χ1v) is 8.23. The molecule has 26 heavy (non-hydrogen) atoms. The molecule has 1 saturated heterocycles. The van der Waals surface area contributed by atoms with Crippen molar-refractivity contribution < 1.29 is 19.1 Å². The lowest BCUT2D eigenvalue weighted by molar-refractivity contribution is 0.100. The summed E-state index contributed by atoms with van der Waals surface area (Å²) in [6, 6.07) is 3.18. The van der Waals surface area contributed by atoms with E-state index in [1.165, 1.54) is 0 Å². The van der Waals surface area contributed by atoms with Gasteiger partial charge in [0.15, 0.2) is 0 Å². The van der Waals surface area contributed by atoms with E-state index in [0.717, 1.165) is 5.39 Å². The molecule has 2 atom stereocenters. The number of nitrogens with two attached hydrogens (primary N) is 1. The molecule has 9 heteroatoms. The number of carbonyl (C=O) groups excluding carboxylic acids is 2. The van der Waals surface area contributed by atoms with E-state index >= 15 is 0 Å². The minimum absolute atomic E-state index is 0.212. The molecule has 0 aromatic carbocycles. The minimum atomic E-state index is -0.556. The number of nitrogens with zero attached hydrogens (tertiary/aromatic N) is 3. The summed E-state index contributed by atoms with van der Waals surface area (Å²) in [5.41, 5.74) is 6.89. The van der Waals surface area contributed by atoms with Gasteiger partial charge in [-0.2, -0.15) is 0 Å². The van der Waals surface area contributed by atoms with E-state index in [9.17, 15) is 9.59 Å². The van der Waals surface area contributed by atoms with Crippen LogP contribution < -0.4 is 15.8 Å². The third kappa shape index (κ3) is 2.57. The molecule has 4 rings (SSSR count). The Morgan fingerprint density at radius 3 is 3.04 bits per heavy atom. The van der Waals surface area contributed by atoms with Gasteiger partial charge >= 0.3 is 6.09 Å². The fraction of sp³-hybridized carbons (Fsp3) is 0.294. The quantitative estimate of drug-likeness (QED) is 0.710. The third-order valence-corrected chi connectivity index (χ3v) is 4.42. The summed E-state index contributed by atoms with van der Waals surface area (Å²) in [5, 5.41) is 3.48. The normalized spacial score (nSPS) is 19.5. The number of hydrogen-bond acceptors (Lipinski definition) is 6. The molecule has 3 N–H and O–H groups in total. The van der Waals surface area contributed by atoms with Crippen LogP contribution >= 0.6 is 0 Å². The van der Waals surface area contributed by atoms with Gasteiger partial charge in [-0.1, -0.05) is 6.92 Å². The second kappa shape index (κ2) is 6.17. The Bertz CT molecular complexity index is 1010. The van der Waals surface area contributed by atoms with E-state index in [0.29, 0.717) is 29.0 Å². The molecule has 1 aliphatic heterocycles. The maximum Gasteiger partial charge on any atom is 0.407 e. The van der Waals surface area contributed by atoms with Gasteiger partial charge in [-0.05, 0) is 18.6 Å². The Kier molecular flexibility index (Phi) is 3.83. The second-order valence-corrected chi connectivity index (χ2v) is 6.01. The van der Waals surface area contributed by atoms with Gasteiger partial charge in [-0.25, -0.2) is 14.8 Å². The smallest absolute Gasteiger partial charge is 0.407 e. The van der Waals surface area contributed by atoms with Crippen molar-refractivity contribution in [1.82, 2.24) is 19.7 Å². The molecular weight excluding hydrogens is 338 g/mol. The molecule has 0 aliphatic carbocycles. The molecule has 3 aromatic rings. The van der Waals surface area contributed by atoms with Gasteiger partial charge in [0.1, 0.15) is 29.9 Å². The van der Waals surface area contributed by atoms with Crippen LogP contribution in [-0.2, 0) is 4.74 Å². The zero-order valence-corrected chi connectivity index (χ0v) is 14.0. The Morgan fingerprint density at radius 2 is 2.27 bits per heavy atom. The van der Waals surface area contributed by atoms with Crippen LogP contribution in [0.1, 0.15) is 23.7 Å². The lowest BCUT2D eigenvalue weighted by Crippen LogP contribution is -2.37. The number of rotatable bonds is 5. The van der Waals surface area contributed by atoms with Gasteiger partial charge < -0.3 is 20.5 Å². The number of fused-ring (bicyclic) bond motifs is 3. The number of primary amides is 1. The molecule has 0 spiro atoms. The number of imidazole rings is 1. The van der Waals surface area contributed by atoms with Crippen LogP contribution in [0.25, 0.3) is 16.6 Å². The highest BCUT2D eigenvalue weighted by Crippen LogP contribution is 2.27. The Morgan fingerprint density at radius 1 is 1.42 bits per heavy atom. The van der Waals surface area contributed by atoms with E-state index in [4.69, 9.17) is 15.2 Å². The summed E-state index contributed by atoms with van der Waals surface area (Å²) in [6.45, 7) is 2.15. The van der Waals surface area contributed by atoms with Crippen LogP contribution in [0.4, 0.5) is 4.79 Å². The number of nitrogens with one attached hydrogen (secondary N) is 1. The number of aromatic nitrogens is 3. The molecule has 1 fully saturated rings. The van der Waals surface area contributed by atoms with Crippen LogP contribution in [0.15, 0.2) is 30.7 Å². The molecule has 0 bridgehead atoms. The highest BCUT2D eigenvalue weighted by molar-refractivity contribution is 6.03. The van der Waals surface area contributed by atoms with Crippen molar-refractivity contribution in [3.05, 3.63) is 36.3 Å². The molecule has 9 nitrogen and oxygen atoms in total. The van der Waals surface area contributed by atoms with Crippen molar-refractivity contribution in [3.63, 3.8) is 0 Å². The first-order chi connectivity index (χ1) is 12.6. The van der Waals surface area contributed by atoms with Crippen molar-refractivity contribution in [2.24, 2.45) is 5.73 Å². The number of hydrogen-bond donors (Lipinski definition) is 2. The lowest BCUT2D eigenvalue weighted by atomic mass is 10.1. The maximum atomic E-state index is 11.7. The zero-order valence-electron chi connectivity index (χ0n) is 14.0. The molecule has 0 radical (unpaired) electrons. The molecular formula is C17H17N5O4. The summed E-state index contributed by atoms with van der Waals surface area (Å²) in [4.78, 5) is 31.6. The summed E-state index contributed by atoms with van der Waals surface area (Å²) in [5.74, 6) is -0.184. The van der Waals surface area contributed by atoms with Gasteiger partial charge in [-0.15, -0.1) is 0 Å². The average Bonchev–Trinajstić information content (AvgIpc) is 3.25. The van der Waals surface area contributed by atoms with Crippen LogP contribution in [0.2, 0.25) is 0 Å². The topological polar surface area (TPSA) is 121 Å². The third-order valence-electron chi connectivity index (χ3n) is 4.42. The van der Waals surface area contributed by atoms with Crippen molar-refractivity contribution >= 4 is 28.6 Å². The zero-order chi connectivity index (χ0) is 18.3. The molecule has 4 heterocycles. The highest BCUT2D eigenvalue weighted by Gasteiger charge is 2.33. The molecule has 1 aliphatic rings.